The molecule has 212 valence electrons. The van der Waals surface area contributed by atoms with Crippen molar-refractivity contribution in [2.75, 3.05) is 13.7 Å². The lowest BCUT2D eigenvalue weighted by atomic mass is 10.0. The molecule has 2 N–H and O–H groups in total. The van der Waals surface area contributed by atoms with Crippen LogP contribution in [0.25, 0.3) is 22.0 Å². The van der Waals surface area contributed by atoms with Gasteiger partial charge in [0, 0.05) is 27.1 Å². The third kappa shape index (κ3) is 6.14. The van der Waals surface area contributed by atoms with Crippen molar-refractivity contribution in [3.8, 4) is 28.4 Å². The van der Waals surface area contributed by atoms with E-state index in [0.717, 1.165) is 16.5 Å². The van der Waals surface area contributed by atoms with Gasteiger partial charge in [-0.1, -0.05) is 47.5 Å². The van der Waals surface area contributed by atoms with Gasteiger partial charge in [0.05, 0.1) is 25.5 Å². The molecule has 5 rings (SSSR count). The fourth-order valence-corrected chi connectivity index (χ4v) is 4.67. The smallest absolute Gasteiger partial charge is 0.343 e. The number of aryl methyl sites for hydroxylation is 1. The molecule has 4 aromatic carbocycles. The summed E-state index contributed by atoms with van der Waals surface area (Å²) < 4.78 is 16.7. The molecule has 0 saturated heterocycles. The standard InChI is InChI=1S/C33H28ClN3O5/c1-4-41-29-17-21(11-16-28(29)42-33(39)22-12-9-20(2)10-13-22)19-35-37-32(38)31-30(24-7-5-6-8-26(24)34)25-18-23(40-3)14-15-27(25)36-31/h5-19,36H,4H2,1-3H3,(H,37,38). The molecule has 5 aromatic rings. The van der Waals surface area contributed by atoms with Crippen molar-refractivity contribution in [1.29, 1.82) is 0 Å². The van der Waals surface area contributed by atoms with Crippen LogP contribution < -0.4 is 19.6 Å². The highest BCUT2D eigenvalue weighted by Crippen LogP contribution is 2.38. The van der Waals surface area contributed by atoms with Crippen molar-refractivity contribution in [3.05, 3.63) is 112 Å². The average molecular weight is 582 g/mol. The largest absolute Gasteiger partial charge is 0.497 e. The van der Waals surface area contributed by atoms with Gasteiger partial charge in [0.1, 0.15) is 11.4 Å². The Labute approximate surface area is 247 Å². The molecule has 1 heterocycles. The Kier molecular flexibility index (Phi) is 8.55. The average Bonchev–Trinajstić information content (AvgIpc) is 3.37. The molecule has 42 heavy (non-hydrogen) atoms. The molecule has 0 bridgehead atoms. The summed E-state index contributed by atoms with van der Waals surface area (Å²) in [6.45, 7) is 4.14. The van der Waals surface area contributed by atoms with E-state index < -0.39 is 11.9 Å². The van der Waals surface area contributed by atoms with E-state index in [-0.39, 0.29) is 5.75 Å². The van der Waals surface area contributed by atoms with Gasteiger partial charge in [-0.2, -0.15) is 5.10 Å². The molecule has 0 aliphatic rings. The molecule has 0 spiro atoms. The summed E-state index contributed by atoms with van der Waals surface area (Å²) >= 11 is 6.53. The number of ether oxygens (including phenoxy) is 3. The number of nitrogens with zero attached hydrogens (tertiary/aromatic N) is 1. The Bertz CT molecular complexity index is 1790. The second-order valence-corrected chi connectivity index (χ2v) is 9.77. The van der Waals surface area contributed by atoms with Gasteiger partial charge in [0.15, 0.2) is 11.5 Å². The number of H-pyrrole nitrogens is 1. The van der Waals surface area contributed by atoms with Crippen LogP contribution in [0, 0.1) is 6.92 Å². The summed E-state index contributed by atoms with van der Waals surface area (Å²) in [5.41, 5.74) is 7.08. The van der Waals surface area contributed by atoms with Crippen LogP contribution in [0.2, 0.25) is 5.02 Å². The second-order valence-electron chi connectivity index (χ2n) is 9.36. The second kappa shape index (κ2) is 12.6. The van der Waals surface area contributed by atoms with Crippen LogP contribution in [0.4, 0.5) is 0 Å². The maximum Gasteiger partial charge on any atom is 0.343 e. The summed E-state index contributed by atoms with van der Waals surface area (Å²) in [4.78, 5) is 29.2. The van der Waals surface area contributed by atoms with Gasteiger partial charge in [-0.25, -0.2) is 10.2 Å². The van der Waals surface area contributed by atoms with Gasteiger partial charge < -0.3 is 19.2 Å². The first-order valence-corrected chi connectivity index (χ1v) is 13.6. The minimum Gasteiger partial charge on any atom is -0.497 e. The van der Waals surface area contributed by atoms with Crippen LogP contribution in [-0.4, -0.2) is 36.8 Å². The number of methoxy groups -OCH3 is 1. The monoisotopic (exact) mass is 581 g/mol. The number of carbonyl (C=O) groups excluding carboxylic acids is 2. The summed E-state index contributed by atoms with van der Waals surface area (Å²) in [5, 5.41) is 5.45. The summed E-state index contributed by atoms with van der Waals surface area (Å²) in [7, 11) is 1.59. The number of hydrazone groups is 1. The van der Waals surface area contributed by atoms with Crippen LogP contribution in [0.5, 0.6) is 17.2 Å². The van der Waals surface area contributed by atoms with Gasteiger partial charge in [-0.3, -0.25) is 4.79 Å². The molecular weight excluding hydrogens is 554 g/mol. The normalized spacial score (nSPS) is 11.0. The molecule has 9 heteroatoms. The Morgan fingerprint density at radius 1 is 0.976 bits per heavy atom. The number of nitrogens with one attached hydrogen (secondary N) is 2. The van der Waals surface area contributed by atoms with E-state index in [1.165, 1.54) is 6.21 Å². The summed E-state index contributed by atoms with van der Waals surface area (Å²) in [6, 6.07) is 25.0. The van der Waals surface area contributed by atoms with Crippen LogP contribution >= 0.6 is 11.6 Å². The molecule has 0 radical (unpaired) electrons. The number of hydrogen-bond acceptors (Lipinski definition) is 6. The quantitative estimate of drug-likeness (QED) is 0.0830. The minimum absolute atomic E-state index is 0.279. The number of aromatic amines is 1. The highest BCUT2D eigenvalue weighted by molar-refractivity contribution is 6.34. The first kappa shape index (κ1) is 28.4. The highest BCUT2D eigenvalue weighted by atomic mass is 35.5. The van der Waals surface area contributed by atoms with Gasteiger partial charge >= 0.3 is 5.97 Å². The molecular formula is C33H28ClN3O5. The molecule has 0 atom stereocenters. The highest BCUT2D eigenvalue weighted by Gasteiger charge is 2.21. The molecule has 8 nitrogen and oxygen atoms in total. The fourth-order valence-electron chi connectivity index (χ4n) is 4.44. The van der Waals surface area contributed by atoms with Crippen molar-refractivity contribution in [2.24, 2.45) is 5.10 Å². The van der Waals surface area contributed by atoms with Crippen molar-refractivity contribution in [2.45, 2.75) is 13.8 Å². The minimum atomic E-state index is -0.491. The number of aromatic nitrogens is 1. The Balaban J connectivity index is 1.38. The van der Waals surface area contributed by atoms with Gasteiger partial charge in [-0.05, 0) is 74.0 Å². The van der Waals surface area contributed by atoms with E-state index in [2.05, 4.69) is 15.5 Å². The number of esters is 1. The lowest BCUT2D eigenvalue weighted by Crippen LogP contribution is -2.19. The predicted octanol–water partition coefficient (Wildman–Crippen LogP) is 7.19. The molecule has 1 aromatic heterocycles. The number of benzene rings is 4. The van der Waals surface area contributed by atoms with Crippen LogP contribution in [0.3, 0.4) is 0 Å². The summed E-state index contributed by atoms with van der Waals surface area (Å²) in [5.74, 6) is 0.359. The van der Waals surface area contributed by atoms with Crippen molar-refractivity contribution < 1.29 is 23.8 Å². The number of carbonyl (C=O) groups is 2. The van der Waals surface area contributed by atoms with Gasteiger partial charge in [0.25, 0.3) is 5.91 Å². The van der Waals surface area contributed by atoms with Crippen LogP contribution in [0.1, 0.15) is 38.9 Å². The number of hydrogen-bond donors (Lipinski definition) is 2. The molecule has 0 aliphatic carbocycles. The SMILES string of the molecule is CCOc1cc(C=NNC(=O)c2[nH]c3ccc(OC)cc3c2-c2ccccc2Cl)ccc1OC(=O)c1ccc(C)cc1. The fraction of sp³-hybridized carbons (Fsp3) is 0.121. The first-order valence-electron chi connectivity index (χ1n) is 13.2. The van der Waals surface area contributed by atoms with Crippen molar-refractivity contribution >= 4 is 40.6 Å². The third-order valence-electron chi connectivity index (χ3n) is 6.51. The number of amides is 1. The molecule has 0 unspecified atom stereocenters. The van der Waals surface area contributed by atoms with E-state index in [0.29, 0.717) is 51.1 Å². The van der Waals surface area contributed by atoms with Crippen molar-refractivity contribution in [1.82, 2.24) is 10.4 Å². The van der Waals surface area contributed by atoms with E-state index in [4.69, 9.17) is 25.8 Å². The van der Waals surface area contributed by atoms with Gasteiger partial charge in [0.2, 0.25) is 0 Å². The first-order chi connectivity index (χ1) is 20.4. The zero-order chi connectivity index (χ0) is 29.6. The molecule has 0 aliphatic heterocycles. The molecule has 0 saturated carbocycles. The van der Waals surface area contributed by atoms with Crippen LogP contribution in [0.15, 0.2) is 90.0 Å². The van der Waals surface area contributed by atoms with E-state index in [1.807, 2.05) is 62.4 Å². The zero-order valence-corrected chi connectivity index (χ0v) is 24.0. The third-order valence-corrected chi connectivity index (χ3v) is 6.84. The zero-order valence-electron chi connectivity index (χ0n) is 23.2. The van der Waals surface area contributed by atoms with E-state index in [1.54, 1.807) is 43.5 Å². The lowest BCUT2D eigenvalue weighted by Gasteiger charge is -2.11. The number of rotatable bonds is 9. The Hall–Kier alpha value is -5.08. The van der Waals surface area contributed by atoms with Gasteiger partial charge in [-0.15, -0.1) is 0 Å². The maximum atomic E-state index is 13.4. The molecule has 1 amide bonds. The lowest BCUT2D eigenvalue weighted by molar-refractivity contribution is 0.0728. The van der Waals surface area contributed by atoms with Crippen molar-refractivity contribution in [3.63, 3.8) is 0 Å². The van der Waals surface area contributed by atoms with Crippen LogP contribution in [-0.2, 0) is 0 Å². The number of halogens is 1. The molecule has 0 fully saturated rings. The predicted molar refractivity (Wildman–Crippen MR) is 164 cm³/mol. The summed E-state index contributed by atoms with van der Waals surface area (Å²) in [6.07, 6.45) is 1.48. The Morgan fingerprint density at radius 2 is 1.76 bits per heavy atom. The topological polar surface area (TPSA) is 102 Å². The Morgan fingerprint density at radius 3 is 2.50 bits per heavy atom. The van der Waals surface area contributed by atoms with E-state index in [9.17, 15) is 9.59 Å². The maximum absolute atomic E-state index is 13.4. The van der Waals surface area contributed by atoms with E-state index >= 15 is 0 Å². The number of fused-ring (bicyclic) bond motifs is 1.